The van der Waals surface area contributed by atoms with Crippen molar-refractivity contribution in [1.82, 2.24) is 0 Å². The van der Waals surface area contributed by atoms with E-state index in [9.17, 15) is 9.90 Å². The SMILES string of the molecule is COc1cc(/C=C2\CSc3ccccc3C2=O)cc(Br)c1O. The Morgan fingerprint density at radius 1 is 1.32 bits per heavy atom. The molecule has 0 saturated carbocycles. The topological polar surface area (TPSA) is 46.5 Å². The van der Waals surface area contributed by atoms with Gasteiger partial charge < -0.3 is 9.84 Å². The first-order valence-electron chi connectivity index (χ1n) is 6.63. The Bertz CT molecular complexity index is 783. The van der Waals surface area contributed by atoms with E-state index in [-0.39, 0.29) is 11.5 Å². The van der Waals surface area contributed by atoms with Gasteiger partial charge in [0, 0.05) is 21.8 Å². The quantitative estimate of drug-likeness (QED) is 0.781. The summed E-state index contributed by atoms with van der Waals surface area (Å²) in [6.07, 6.45) is 1.85. The number of methoxy groups -OCH3 is 1. The van der Waals surface area contributed by atoms with Gasteiger partial charge in [-0.1, -0.05) is 12.1 Å². The minimum atomic E-state index is 0.0533. The Labute approximate surface area is 141 Å². The molecule has 0 amide bonds. The highest BCUT2D eigenvalue weighted by atomic mass is 79.9. The lowest BCUT2D eigenvalue weighted by molar-refractivity contribution is 0.103. The lowest BCUT2D eigenvalue weighted by atomic mass is 10.0. The van der Waals surface area contributed by atoms with Crippen LogP contribution in [0.25, 0.3) is 6.08 Å². The lowest BCUT2D eigenvalue weighted by Gasteiger charge is -2.17. The molecule has 0 fully saturated rings. The molecule has 0 bridgehead atoms. The van der Waals surface area contributed by atoms with Gasteiger partial charge in [-0.25, -0.2) is 0 Å². The van der Waals surface area contributed by atoms with Crippen LogP contribution in [0.1, 0.15) is 15.9 Å². The zero-order chi connectivity index (χ0) is 15.7. The molecule has 2 aromatic carbocycles. The van der Waals surface area contributed by atoms with Gasteiger partial charge in [-0.05, 0) is 51.8 Å². The van der Waals surface area contributed by atoms with Crippen molar-refractivity contribution < 1.29 is 14.6 Å². The van der Waals surface area contributed by atoms with Crippen LogP contribution in [0.3, 0.4) is 0 Å². The molecule has 1 N–H and O–H groups in total. The molecular formula is C17H13BrO3S. The summed E-state index contributed by atoms with van der Waals surface area (Å²) in [5, 5.41) is 9.85. The molecule has 5 heteroatoms. The number of phenols is 1. The van der Waals surface area contributed by atoms with E-state index in [2.05, 4.69) is 15.9 Å². The van der Waals surface area contributed by atoms with Gasteiger partial charge in [0.15, 0.2) is 17.3 Å². The Morgan fingerprint density at radius 2 is 2.09 bits per heavy atom. The van der Waals surface area contributed by atoms with E-state index in [1.165, 1.54) is 7.11 Å². The van der Waals surface area contributed by atoms with Gasteiger partial charge >= 0.3 is 0 Å². The minimum Gasteiger partial charge on any atom is -0.503 e. The molecule has 0 aromatic heterocycles. The number of benzene rings is 2. The van der Waals surface area contributed by atoms with Crippen molar-refractivity contribution in [1.29, 1.82) is 0 Å². The normalized spacial score (nSPS) is 15.7. The molecule has 0 atom stereocenters. The van der Waals surface area contributed by atoms with E-state index in [1.807, 2.05) is 30.3 Å². The zero-order valence-corrected chi connectivity index (χ0v) is 14.2. The maximum absolute atomic E-state index is 12.6. The smallest absolute Gasteiger partial charge is 0.191 e. The van der Waals surface area contributed by atoms with Crippen molar-refractivity contribution in [2.45, 2.75) is 4.90 Å². The van der Waals surface area contributed by atoms with Crippen molar-refractivity contribution in [2.75, 3.05) is 12.9 Å². The van der Waals surface area contributed by atoms with Gasteiger partial charge in [-0.2, -0.15) is 0 Å². The van der Waals surface area contributed by atoms with E-state index >= 15 is 0 Å². The summed E-state index contributed by atoms with van der Waals surface area (Å²) in [6.45, 7) is 0. The van der Waals surface area contributed by atoms with Crippen LogP contribution in [-0.2, 0) is 0 Å². The van der Waals surface area contributed by atoms with E-state index in [4.69, 9.17) is 4.74 Å². The number of halogens is 1. The fraction of sp³-hybridized carbons (Fsp3) is 0.118. The number of Topliss-reactive ketones (excluding diaryl/α,β-unsaturated/α-hetero) is 1. The molecule has 1 aliphatic rings. The number of ether oxygens (including phenoxy) is 1. The minimum absolute atomic E-state index is 0.0533. The number of hydrogen-bond acceptors (Lipinski definition) is 4. The van der Waals surface area contributed by atoms with Gasteiger partial charge in [0.25, 0.3) is 0 Å². The molecule has 3 nitrogen and oxygen atoms in total. The molecule has 0 radical (unpaired) electrons. The number of carbonyl (C=O) groups excluding carboxylic acids is 1. The summed E-state index contributed by atoms with van der Waals surface area (Å²) in [4.78, 5) is 13.6. The molecular weight excluding hydrogens is 364 g/mol. The standard InChI is InChI=1S/C17H13BrO3S/c1-21-14-8-10(7-13(18)17(14)20)6-11-9-22-15-5-3-2-4-12(15)16(11)19/h2-8,20H,9H2,1H3/b11-6+. The maximum Gasteiger partial charge on any atom is 0.191 e. The average molecular weight is 377 g/mol. The largest absolute Gasteiger partial charge is 0.503 e. The van der Waals surface area contributed by atoms with Gasteiger partial charge in [0.2, 0.25) is 0 Å². The number of hydrogen-bond donors (Lipinski definition) is 1. The summed E-state index contributed by atoms with van der Waals surface area (Å²) >= 11 is 4.95. The fourth-order valence-corrected chi connectivity index (χ4v) is 3.79. The predicted octanol–water partition coefficient (Wildman–Crippen LogP) is 4.54. The van der Waals surface area contributed by atoms with Crippen molar-refractivity contribution in [2.24, 2.45) is 0 Å². The molecule has 0 unspecified atom stereocenters. The number of fused-ring (bicyclic) bond motifs is 1. The van der Waals surface area contributed by atoms with E-state index < -0.39 is 0 Å². The summed E-state index contributed by atoms with van der Waals surface area (Å²) in [7, 11) is 1.50. The van der Waals surface area contributed by atoms with Crippen LogP contribution in [-0.4, -0.2) is 23.8 Å². The first kappa shape index (κ1) is 15.2. The second-order valence-corrected chi connectivity index (χ2v) is 6.71. The molecule has 2 aromatic rings. The fourth-order valence-electron chi connectivity index (χ4n) is 2.32. The van der Waals surface area contributed by atoms with Gasteiger partial charge in [0.05, 0.1) is 11.6 Å². The van der Waals surface area contributed by atoms with Crippen molar-refractivity contribution in [3.8, 4) is 11.5 Å². The Balaban J connectivity index is 2.00. The molecule has 0 aliphatic carbocycles. The third kappa shape index (κ3) is 2.78. The molecule has 112 valence electrons. The summed E-state index contributed by atoms with van der Waals surface area (Å²) < 4.78 is 5.68. The number of thioether (sulfide) groups is 1. The van der Waals surface area contributed by atoms with Crippen LogP contribution in [0.4, 0.5) is 0 Å². The Kier molecular flexibility index (Phi) is 4.27. The van der Waals surface area contributed by atoms with Gasteiger partial charge in [-0.3, -0.25) is 4.79 Å². The van der Waals surface area contributed by atoms with Crippen molar-refractivity contribution in [3.05, 3.63) is 57.6 Å². The molecule has 1 heterocycles. The zero-order valence-electron chi connectivity index (χ0n) is 11.8. The summed E-state index contributed by atoms with van der Waals surface area (Å²) in [5.74, 6) is 1.12. The van der Waals surface area contributed by atoms with Gasteiger partial charge in [0.1, 0.15) is 0 Å². The second kappa shape index (κ2) is 6.18. The first-order chi connectivity index (χ1) is 10.6. The number of ketones is 1. The molecule has 3 rings (SSSR count). The maximum atomic E-state index is 12.6. The predicted molar refractivity (Wildman–Crippen MR) is 91.8 cm³/mol. The number of carbonyl (C=O) groups is 1. The third-order valence-corrected chi connectivity index (χ3v) is 5.14. The van der Waals surface area contributed by atoms with Crippen LogP contribution < -0.4 is 4.74 Å². The molecule has 0 saturated heterocycles. The highest BCUT2D eigenvalue weighted by molar-refractivity contribution is 9.10. The van der Waals surface area contributed by atoms with Crippen molar-refractivity contribution in [3.63, 3.8) is 0 Å². The van der Waals surface area contributed by atoms with Gasteiger partial charge in [-0.15, -0.1) is 11.8 Å². The number of rotatable bonds is 2. The summed E-state index contributed by atoms with van der Waals surface area (Å²) in [5.41, 5.74) is 2.29. The Morgan fingerprint density at radius 3 is 2.86 bits per heavy atom. The van der Waals surface area contributed by atoms with E-state index in [1.54, 1.807) is 23.9 Å². The van der Waals surface area contributed by atoms with E-state index in [0.29, 0.717) is 16.0 Å². The van der Waals surface area contributed by atoms with Crippen LogP contribution in [0.5, 0.6) is 11.5 Å². The number of phenolic OH excluding ortho intramolecular Hbond substituents is 1. The average Bonchev–Trinajstić information content (AvgIpc) is 2.53. The highest BCUT2D eigenvalue weighted by Gasteiger charge is 2.22. The lowest BCUT2D eigenvalue weighted by Crippen LogP contribution is -2.12. The molecule has 22 heavy (non-hydrogen) atoms. The van der Waals surface area contributed by atoms with Crippen LogP contribution in [0, 0.1) is 0 Å². The number of aromatic hydroxyl groups is 1. The van der Waals surface area contributed by atoms with E-state index in [0.717, 1.165) is 21.6 Å². The van der Waals surface area contributed by atoms with Crippen molar-refractivity contribution >= 4 is 39.6 Å². The molecule has 0 spiro atoms. The summed E-state index contributed by atoms with van der Waals surface area (Å²) in [6, 6.07) is 11.1. The van der Waals surface area contributed by atoms with Crippen LogP contribution >= 0.6 is 27.7 Å². The highest BCUT2D eigenvalue weighted by Crippen LogP contribution is 2.37. The third-order valence-electron chi connectivity index (χ3n) is 3.42. The second-order valence-electron chi connectivity index (χ2n) is 4.84. The monoisotopic (exact) mass is 376 g/mol. The Hall–Kier alpha value is -1.72. The molecule has 1 aliphatic heterocycles. The first-order valence-corrected chi connectivity index (χ1v) is 8.41. The van der Waals surface area contributed by atoms with Crippen LogP contribution in [0.2, 0.25) is 0 Å². The van der Waals surface area contributed by atoms with Crippen LogP contribution in [0.15, 0.2) is 51.3 Å².